The second kappa shape index (κ2) is 7.31. The zero-order valence-corrected chi connectivity index (χ0v) is 11.6. The number of piperidine rings is 1. The standard InChI is InChI=1S/C13H18FN3O.ClH/c1-9-4-5-10(7-12(9)14)16-13(18)17-11-3-2-6-15-8-11;/h4-5,7,11,15H,2-3,6,8H2,1H3,(H2,16,17,18);1H/t11-;/m1./s1. The molecular formula is C13H19ClFN3O. The molecule has 6 heteroatoms. The monoisotopic (exact) mass is 287 g/mol. The highest BCUT2D eigenvalue weighted by Crippen LogP contribution is 2.13. The van der Waals surface area contributed by atoms with Gasteiger partial charge in [-0.05, 0) is 44.0 Å². The first-order chi connectivity index (χ1) is 8.65. The van der Waals surface area contributed by atoms with Crippen molar-refractivity contribution in [3.05, 3.63) is 29.6 Å². The van der Waals surface area contributed by atoms with E-state index in [0.717, 1.165) is 25.9 Å². The van der Waals surface area contributed by atoms with E-state index in [1.165, 1.54) is 6.07 Å². The van der Waals surface area contributed by atoms with Crippen molar-refractivity contribution < 1.29 is 9.18 Å². The number of hydrogen-bond acceptors (Lipinski definition) is 2. The Hall–Kier alpha value is -1.33. The maximum atomic E-state index is 13.3. The molecule has 1 aromatic rings. The first-order valence-electron chi connectivity index (χ1n) is 6.19. The van der Waals surface area contributed by atoms with Crippen LogP contribution in [-0.4, -0.2) is 25.2 Å². The number of rotatable bonds is 2. The van der Waals surface area contributed by atoms with E-state index in [9.17, 15) is 9.18 Å². The van der Waals surface area contributed by atoms with Crippen LogP contribution in [0, 0.1) is 12.7 Å². The Morgan fingerprint density at radius 1 is 1.47 bits per heavy atom. The van der Waals surface area contributed by atoms with Crippen LogP contribution in [-0.2, 0) is 0 Å². The van der Waals surface area contributed by atoms with Gasteiger partial charge in [0, 0.05) is 18.3 Å². The van der Waals surface area contributed by atoms with Crippen LogP contribution in [0.25, 0.3) is 0 Å². The van der Waals surface area contributed by atoms with Crippen LogP contribution < -0.4 is 16.0 Å². The van der Waals surface area contributed by atoms with Crippen LogP contribution in [0.1, 0.15) is 18.4 Å². The molecule has 2 amide bonds. The lowest BCUT2D eigenvalue weighted by atomic mass is 10.1. The summed E-state index contributed by atoms with van der Waals surface area (Å²) in [6, 6.07) is 4.53. The number of carbonyl (C=O) groups excluding carboxylic acids is 1. The molecule has 0 saturated carbocycles. The fourth-order valence-corrected chi connectivity index (χ4v) is 2.00. The number of halogens is 2. The van der Waals surface area contributed by atoms with Crippen molar-refractivity contribution >= 4 is 24.1 Å². The summed E-state index contributed by atoms with van der Waals surface area (Å²) >= 11 is 0. The number of nitrogens with one attached hydrogen (secondary N) is 3. The Balaban J connectivity index is 0.00000180. The van der Waals surface area contributed by atoms with Gasteiger partial charge < -0.3 is 16.0 Å². The van der Waals surface area contributed by atoms with E-state index in [1.807, 2.05) is 0 Å². The Morgan fingerprint density at radius 2 is 2.26 bits per heavy atom. The van der Waals surface area contributed by atoms with Gasteiger partial charge in [-0.2, -0.15) is 0 Å². The molecule has 0 aliphatic carbocycles. The highest BCUT2D eigenvalue weighted by molar-refractivity contribution is 5.89. The third-order valence-corrected chi connectivity index (χ3v) is 3.06. The fourth-order valence-electron chi connectivity index (χ4n) is 2.00. The number of amides is 2. The van der Waals surface area contributed by atoms with E-state index in [4.69, 9.17) is 0 Å². The van der Waals surface area contributed by atoms with Crippen LogP contribution in [0.5, 0.6) is 0 Å². The SMILES string of the molecule is Cc1ccc(NC(=O)N[C@@H]2CCCNC2)cc1F.Cl. The van der Waals surface area contributed by atoms with Crippen molar-refractivity contribution in [2.45, 2.75) is 25.8 Å². The zero-order chi connectivity index (χ0) is 13.0. The molecule has 0 radical (unpaired) electrons. The van der Waals surface area contributed by atoms with Crippen LogP contribution >= 0.6 is 12.4 Å². The first-order valence-corrected chi connectivity index (χ1v) is 6.19. The van der Waals surface area contributed by atoms with E-state index in [2.05, 4.69) is 16.0 Å². The zero-order valence-electron chi connectivity index (χ0n) is 10.8. The van der Waals surface area contributed by atoms with Gasteiger partial charge in [0.15, 0.2) is 0 Å². The van der Waals surface area contributed by atoms with Crippen LogP contribution in [0.4, 0.5) is 14.9 Å². The molecule has 3 N–H and O–H groups in total. The highest BCUT2D eigenvalue weighted by Gasteiger charge is 2.15. The summed E-state index contributed by atoms with van der Waals surface area (Å²) in [6.45, 7) is 3.48. The lowest BCUT2D eigenvalue weighted by Crippen LogP contribution is -2.47. The molecule has 4 nitrogen and oxygen atoms in total. The van der Waals surface area contributed by atoms with Gasteiger partial charge in [-0.15, -0.1) is 12.4 Å². The summed E-state index contributed by atoms with van der Waals surface area (Å²) in [4.78, 5) is 11.7. The molecule has 1 aliphatic heterocycles. The molecule has 1 fully saturated rings. The van der Waals surface area contributed by atoms with Crippen LogP contribution in [0.15, 0.2) is 18.2 Å². The van der Waals surface area contributed by atoms with Gasteiger partial charge in [-0.1, -0.05) is 6.07 Å². The number of hydrogen-bond donors (Lipinski definition) is 3. The second-order valence-electron chi connectivity index (χ2n) is 4.61. The van der Waals surface area contributed by atoms with Gasteiger partial charge in [0.2, 0.25) is 0 Å². The highest BCUT2D eigenvalue weighted by atomic mass is 35.5. The van der Waals surface area contributed by atoms with Gasteiger partial charge in [0.1, 0.15) is 5.82 Å². The molecular weight excluding hydrogens is 269 g/mol. The predicted molar refractivity (Wildman–Crippen MR) is 76.4 cm³/mol. The minimum absolute atomic E-state index is 0. The molecule has 0 unspecified atom stereocenters. The molecule has 0 bridgehead atoms. The molecule has 2 rings (SSSR count). The molecule has 1 atom stereocenters. The van der Waals surface area contributed by atoms with Crippen molar-refractivity contribution in [1.29, 1.82) is 0 Å². The summed E-state index contributed by atoms with van der Waals surface area (Å²) in [5, 5.41) is 8.72. The Bertz CT molecular complexity index is 436. The van der Waals surface area contributed by atoms with E-state index in [0.29, 0.717) is 11.3 Å². The average molecular weight is 288 g/mol. The number of anilines is 1. The molecule has 0 spiro atoms. The maximum Gasteiger partial charge on any atom is 0.319 e. The quantitative estimate of drug-likeness (QED) is 0.782. The van der Waals surface area contributed by atoms with Gasteiger partial charge >= 0.3 is 6.03 Å². The minimum atomic E-state index is -0.313. The topological polar surface area (TPSA) is 53.2 Å². The van der Waals surface area contributed by atoms with Gasteiger partial charge in [0.05, 0.1) is 0 Å². The van der Waals surface area contributed by atoms with Gasteiger partial charge in [-0.25, -0.2) is 9.18 Å². The summed E-state index contributed by atoms with van der Waals surface area (Å²) in [7, 11) is 0. The van der Waals surface area contributed by atoms with E-state index >= 15 is 0 Å². The average Bonchev–Trinajstić information content (AvgIpc) is 2.35. The predicted octanol–water partition coefficient (Wildman–Crippen LogP) is 2.43. The molecule has 19 heavy (non-hydrogen) atoms. The Morgan fingerprint density at radius 3 is 2.89 bits per heavy atom. The summed E-state index contributed by atoms with van der Waals surface area (Å²) in [5.74, 6) is -0.313. The molecule has 1 heterocycles. The third kappa shape index (κ3) is 4.69. The lowest BCUT2D eigenvalue weighted by molar-refractivity contribution is 0.245. The van der Waals surface area contributed by atoms with Crippen molar-refractivity contribution in [1.82, 2.24) is 10.6 Å². The molecule has 1 aliphatic rings. The van der Waals surface area contributed by atoms with Crippen LogP contribution in [0.2, 0.25) is 0 Å². The molecule has 0 aromatic heterocycles. The van der Waals surface area contributed by atoms with E-state index < -0.39 is 0 Å². The summed E-state index contributed by atoms with van der Waals surface area (Å²) in [5.41, 5.74) is 1.04. The van der Waals surface area contributed by atoms with Crippen molar-refractivity contribution in [3.8, 4) is 0 Å². The second-order valence-corrected chi connectivity index (χ2v) is 4.61. The number of benzene rings is 1. The number of carbonyl (C=O) groups is 1. The van der Waals surface area contributed by atoms with E-state index in [-0.39, 0.29) is 30.3 Å². The Labute approximate surface area is 118 Å². The Kier molecular flexibility index (Phi) is 6.05. The van der Waals surface area contributed by atoms with Crippen molar-refractivity contribution in [2.24, 2.45) is 0 Å². The number of aryl methyl sites for hydroxylation is 1. The van der Waals surface area contributed by atoms with E-state index in [1.54, 1.807) is 19.1 Å². The smallest absolute Gasteiger partial charge is 0.319 e. The van der Waals surface area contributed by atoms with Gasteiger partial charge in [-0.3, -0.25) is 0 Å². The first kappa shape index (κ1) is 15.7. The van der Waals surface area contributed by atoms with Gasteiger partial charge in [0.25, 0.3) is 0 Å². The normalized spacial score (nSPS) is 18.3. The molecule has 1 saturated heterocycles. The maximum absolute atomic E-state index is 13.3. The lowest BCUT2D eigenvalue weighted by Gasteiger charge is -2.23. The van der Waals surface area contributed by atoms with Crippen molar-refractivity contribution in [2.75, 3.05) is 18.4 Å². The minimum Gasteiger partial charge on any atom is -0.334 e. The largest absolute Gasteiger partial charge is 0.334 e. The third-order valence-electron chi connectivity index (χ3n) is 3.06. The molecule has 106 valence electrons. The van der Waals surface area contributed by atoms with Crippen LogP contribution in [0.3, 0.4) is 0 Å². The summed E-state index contributed by atoms with van der Waals surface area (Å²) in [6.07, 6.45) is 2.03. The number of urea groups is 1. The summed E-state index contributed by atoms with van der Waals surface area (Å²) < 4.78 is 13.3. The fraction of sp³-hybridized carbons (Fsp3) is 0.462. The van der Waals surface area contributed by atoms with Crippen molar-refractivity contribution in [3.63, 3.8) is 0 Å². The molecule has 1 aromatic carbocycles.